The lowest BCUT2D eigenvalue weighted by Crippen LogP contribution is -2.36. The van der Waals surface area contributed by atoms with Crippen LogP contribution in [0.1, 0.15) is 21.3 Å². The molecule has 0 spiro atoms. The van der Waals surface area contributed by atoms with Crippen LogP contribution in [0.3, 0.4) is 0 Å². The minimum Gasteiger partial charge on any atom is -0.312 e. The summed E-state index contributed by atoms with van der Waals surface area (Å²) in [6.45, 7) is 3.74. The van der Waals surface area contributed by atoms with E-state index in [1.54, 1.807) is 4.90 Å². The van der Waals surface area contributed by atoms with Gasteiger partial charge in [0.1, 0.15) is 0 Å². The van der Waals surface area contributed by atoms with Crippen molar-refractivity contribution in [1.82, 2.24) is 4.90 Å². The van der Waals surface area contributed by atoms with Crippen LogP contribution in [0.25, 0.3) is 0 Å². The molecule has 0 bridgehead atoms. The van der Waals surface area contributed by atoms with Gasteiger partial charge in [0.2, 0.25) is 0 Å². The zero-order valence-electron chi connectivity index (χ0n) is 6.85. The summed E-state index contributed by atoms with van der Waals surface area (Å²) in [5.74, 6) is 0. The molecule has 0 aliphatic carbocycles. The minimum atomic E-state index is -2.31. The lowest BCUT2D eigenvalue weighted by atomic mass is 10.3. The Morgan fingerprint density at radius 3 is 2.17 bits per heavy atom. The maximum absolute atomic E-state index is 11.9. The fourth-order valence-electron chi connectivity index (χ4n) is 0.791. The summed E-state index contributed by atoms with van der Waals surface area (Å²) in [5.41, 5.74) is 0. The molecule has 0 aliphatic heterocycles. The van der Waals surface area contributed by atoms with Crippen molar-refractivity contribution in [3.63, 3.8) is 0 Å². The van der Waals surface area contributed by atoms with E-state index in [0.29, 0.717) is 6.54 Å². The average Bonchev–Trinajstić information content (AvgIpc) is 1.86. The Hall–Kier alpha value is -0.510. The van der Waals surface area contributed by atoms with Gasteiger partial charge in [0, 0.05) is 18.8 Å². The molecule has 74 valence electrons. The van der Waals surface area contributed by atoms with Gasteiger partial charge < -0.3 is 5.41 Å². The Labute approximate surface area is 73.1 Å². The van der Waals surface area contributed by atoms with E-state index in [0.717, 1.165) is 6.21 Å². The van der Waals surface area contributed by atoms with Gasteiger partial charge in [-0.15, -0.1) is 0 Å². The molecule has 0 saturated carbocycles. The van der Waals surface area contributed by atoms with Crippen molar-refractivity contribution in [2.24, 2.45) is 0 Å². The molecule has 0 aromatic carbocycles. The minimum absolute atomic E-state index is 0. The maximum atomic E-state index is 11.9. The normalized spacial score (nSPS) is 10.6. The molecule has 0 unspecified atom stereocenters. The van der Waals surface area contributed by atoms with E-state index in [9.17, 15) is 8.78 Å². The number of rotatable bonds is 5. The SMILES string of the molecule is C.CC(C)N(CC=N)CC(F)F. The summed E-state index contributed by atoms with van der Waals surface area (Å²) in [7, 11) is 0. The molecule has 0 saturated heterocycles. The van der Waals surface area contributed by atoms with E-state index >= 15 is 0 Å². The molecule has 0 aromatic heterocycles. The molecule has 2 nitrogen and oxygen atoms in total. The zero-order chi connectivity index (χ0) is 8.85. The van der Waals surface area contributed by atoms with Crippen LogP contribution in [-0.4, -0.2) is 36.7 Å². The highest BCUT2D eigenvalue weighted by molar-refractivity contribution is 5.55. The number of alkyl halides is 2. The quantitative estimate of drug-likeness (QED) is 0.645. The van der Waals surface area contributed by atoms with Gasteiger partial charge in [-0.25, -0.2) is 8.78 Å². The van der Waals surface area contributed by atoms with Gasteiger partial charge in [-0.05, 0) is 13.8 Å². The highest BCUT2D eigenvalue weighted by atomic mass is 19.3. The van der Waals surface area contributed by atoms with Crippen LogP contribution in [0.4, 0.5) is 8.78 Å². The number of hydrogen-bond donors (Lipinski definition) is 1. The van der Waals surface area contributed by atoms with Crippen LogP contribution < -0.4 is 0 Å². The third-order valence-electron chi connectivity index (χ3n) is 1.43. The fourth-order valence-corrected chi connectivity index (χ4v) is 0.791. The van der Waals surface area contributed by atoms with Gasteiger partial charge in [0.25, 0.3) is 6.43 Å². The largest absolute Gasteiger partial charge is 0.312 e. The van der Waals surface area contributed by atoms with Gasteiger partial charge in [-0.1, -0.05) is 7.43 Å². The molecule has 0 amide bonds. The van der Waals surface area contributed by atoms with Crippen LogP contribution in [0.15, 0.2) is 0 Å². The van der Waals surface area contributed by atoms with E-state index in [-0.39, 0.29) is 20.0 Å². The van der Waals surface area contributed by atoms with E-state index in [2.05, 4.69) is 0 Å². The summed E-state index contributed by atoms with van der Waals surface area (Å²) in [4.78, 5) is 1.55. The summed E-state index contributed by atoms with van der Waals surface area (Å²) >= 11 is 0. The van der Waals surface area contributed by atoms with Gasteiger partial charge in [-0.2, -0.15) is 0 Å². The fraction of sp³-hybridized carbons (Fsp3) is 0.875. The van der Waals surface area contributed by atoms with Crippen molar-refractivity contribution >= 4 is 6.21 Å². The van der Waals surface area contributed by atoms with Crippen LogP contribution in [-0.2, 0) is 0 Å². The van der Waals surface area contributed by atoms with Crippen LogP contribution >= 0.6 is 0 Å². The van der Waals surface area contributed by atoms with Crippen molar-refractivity contribution in [2.45, 2.75) is 33.7 Å². The third-order valence-corrected chi connectivity index (χ3v) is 1.43. The third kappa shape index (κ3) is 6.22. The van der Waals surface area contributed by atoms with E-state index in [1.807, 2.05) is 13.8 Å². The Kier molecular flexibility index (Phi) is 8.37. The summed E-state index contributed by atoms with van der Waals surface area (Å²) in [5, 5.41) is 6.76. The second-order valence-electron chi connectivity index (χ2n) is 2.64. The van der Waals surface area contributed by atoms with Crippen molar-refractivity contribution in [3.05, 3.63) is 0 Å². The molecular weight excluding hydrogens is 162 g/mol. The molecule has 0 rings (SSSR count). The topological polar surface area (TPSA) is 27.1 Å². The highest BCUT2D eigenvalue weighted by Crippen LogP contribution is 2.01. The van der Waals surface area contributed by atoms with Crippen molar-refractivity contribution < 1.29 is 8.78 Å². The van der Waals surface area contributed by atoms with Gasteiger partial charge in [0.15, 0.2) is 0 Å². The molecule has 4 heteroatoms. The second kappa shape index (κ2) is 7.16. The first-order chi connectivity index (χ1) is 5.07. The molecule has 0 radical (unpaired) electrons. The summed E-state index contributed by atoms with van der Waals surface area (Å²) < 4.78 is 23.7. The standard InChI is InChI=1S/C7H14F2N2.CH4/c1-6(2)11(4-3-10)5-7(8)9;/h3,6-7,10H,4-5H2,1-2H3;1H4. The smallest absolute Gasteiger partial charge is 0.251 e. The first-order valence-corrected chi connectivity index (χ1v) is 3.59. The van der Waals surface area contributed by atoms with Crippen LogP contribution in [0.5, 0.6) is 0 Å². The number of hydrogen-bond acceptors (Lipinski definition) is 2. The van der Waals surface area contributed by atoms with E-state index in [1.165, 1.54) is 0 Å². The molecule has 0 aromatic rings. The molecule has 0 atom stereocenters. The molecule has 0 fully saturated rings. The van der Waals surface area contributed by atoms with Crippen molar-refractivity contribution in [3.8, 4) is 0 Å². The number of nitrogens with one attached hydrogen (secondary N) is 1. The van der Waals surface area contributed by atoms with Crippen LogP contribution in [0.2, 0.25) is 0 Å². The average molecular weight is 180 g/mol. The predicted molar refractivity (Wildman–Crippen MR) is 48.2 cm³/mol. The van der Waals surface area contributed by atoms with Crippen LogP contribution in [0, 0.1) is 5.41 Å². The van der Waals surface area contributed by atoms with Gasteiger partial charge in [-0.3, -0.25) is 4.90 Å². The maximum Gasteiger partial charge on any atom is 0.251 e. The molecular formula is C8H18F2N2. The highest BCUT2D eigenvalue weighted by Gasteiger charge is 2.13. The Balaban J connectivity index is 0. The first-order valence-electron chi connectivity index (χ1n) is 3.59. The lowest BCUT2D eigenvalue weighted by molar-refractivity contribution is 0.0824. The Morgan fingerprint density at radius 2 is 1.92 bits per heavy atom. The lowest BCUT2D eigenvalue weighted by Gasteiger charge is -2.23. The molecule has 0 heterocycles. The number of nitrogens with zero attached hydrogens (tertiary/aromatic N) is 1. The summed E-state index contributed by atoms with van der Waals surface area (Å²) in [6, 6.07) is 0.0746. The zero-order valence-corrected chi connectivity index (χ0v) is 6.85. The van der Waals surface area contributed by atoms with Crippen molar-refractivity contribution in [2.75, 3.05) is 13.1 Å². The monoisotopic (exact) mass is 180 g/mol. The van der Waals surface area contributed by atoms with Gasteiger partial charge >= 0.3 is 0 Å². The second-order valence-corrected chi connectivity index (χ2v) is 2.64. The Bertz CT molecular complexity index is 116. The van der Waals surface area contributed by atoms with Crippen molar-refractivity contribution in [1.29, 1.82) is 5.41 Å². The first kappa shape index (κ1) is 14.0. The molecule has 12 heavy (non-hydrogen) atoms. The molecule has 1 N–H and O–H groups in total. The Morgan fingerprint density at radius 1 is 1.42 bits per heavy atom. The predicted octanol–water partition coefficient (Wildman–Crippen LogP) is 2.25. The van der Waals surface area contributed by atoms with E-state index in [4.69, 9.17) is 5.41 Å². The molecule has 0 aliphatic rings. The number of halogens is 2. The van der Waals surface area contributed by atoms with Gasteiger partial charge in [0.05, 0.1) is 6.54 Å². The van der Waals surface area contributed by atoms with E-state index < -0.39 is 6.43 Å². The summed E-state index contributed by atoms with van der Waals surface area (Å²) in [6.07, 6.45) is -1.17.